The summed E-state index contributed by atoms with van der Waals surface area (Å²) in [6, 6.07) is 6.47. The minimum absolute atomic E-state index is 0.382. The Morgan fingerprint density at radius 3 is 2.65 bits per heavy atom. The molecule has 0 N–H and O–H groups in total. The third-order valence-electron chi connectivity index (χ3n) is 3.13. The molecule has 1 aromatic carbocycles. The van der Waals surface area contributed by atoms with E-state index in [1.807, 2.05) is 0 Å². The van der Waals surface area contributed by atoms with Gasteiger partial charge in [-0.1, -0.05) is 6.92 Å². The van der Waals surface area contributed by atoms with Crippen molar-refractivity contribution in [3.8, 4) is 6.07 Å². The van der Waals surface area contributed by atoms with Crippen molar-refractivity contribution in [1.82, 2.24) is 9.55 Å². The van der Waals surface area contributed by atoms with Gasteiger partial charge in [0.1, 0.15) is 5.82 Å². The van der Waals surface area contributed by atoms with Gasteiger partial charge in [0.15, 0.2) is 0 Å². The van der Waals surface area contributed by atoms with Gasteiger partial charge in [-0.25, -0.2) is 4.98 Å². The molecule has 0 aliphatic rings. The van der Waals surface area contributed by atoms with Gasteiger partial charge in [-0.15, -0.1) is 0 Å². The third kappa shape index (κ3) is 2.03. The molecular formula is C14H17N3. The molecule has 0 aliphatic carbocycles. The van der Waals surface area contributed by atoms with Crippen molar-refractivity contribution in [2.75, 3.05) is 0 Å². The second-order valence-corrected chi connectivity index (χ2v) is 4.44. The van der Waals surface area contributed by atoms with Crippen LogP contribution in [0.5, 0.6) is 0 Å². The number of aryl methyl sites for hydroxylation is 3. The predicted molar refractivity (Wildman–Crippen MR) is 68.8 cm³/mol. The van der Waals surface area contributed by atoms with Gasteiger partial charge < -0.3 is 4.57 Å². The van der Waals surface area contributed by atoms with E-state index in [4.69, 9.17) is 5.26 Å². The number of benzene rings is 1. The highest BCUT2D eigenvalue weighted by molar-refractivity contribution is 5.78. The Labute approximate surface area is 102 Å². The molecule has 0 amide bonds. The van der Waals surface area contributed by atoms with Crippen LogP contribution in [-0.2, 0) is 13.0 Å². The summed E-state index contributed by atoms with van der Waals surface area (Å²) in [6.45, 7) is 7.28. The number of aromatic nitrogens is 2. The van der Waals surface area contributed by atoms with E-state index in [0.29, 0.717) is 6.42 Å². The Bertz CT molecular complexity index is 588. The fourth-order valence-corrected chi connectivity index (χ4v) is 2.11. The van der Waals surface area contributed by atoms with Gasteiger partial charge in [0, 0.05) is 6.54 Å². The van der Waals surface area contributed by atoms with Crippen molar-refractivity contribution >= 4 is 11.0 Å². The summed E-state index contributed by atoms with van der Waals surface area (Å²) in [4.78, 5) is 4.56. The maximum atomic E-state index is 8.84. The molecule has 17 heavy (non-hydrogen) atoms. The summed E-state index contributed by atoms with van der Waals surface area (Å²) in [5, 5.41) is 8.84. The molecule has 0 atom stereocenters. The molecule has 3 nitrogen and oxygen atoms in total. The van der Waals surface area contributed by atoms with Crippen LogP contribution in [0.2, 0.25) is 0 Å². The Morgan fingerprint density at radius 2 is 2.00 bits per heavy atom. The van der Waals surface area contributed by atoms with Crippen molar-refractivity contribution < 1.29 is 0 Å². The lowest BCUT2D eigenvalue weighted by Gasteiger charge is -2.06. The fourth-order valence-electron chi connectivity index (χ4n) is 2.11. The van der Waals surface area contributed by atoms with Crippen LogP contribution in [0.4, 0.5) is 0 Å². The fraction of sp³-hybridized carbons (Fsp3) is 0.429. The van der Waals surface area contributed by atoms with Crippen molar-refractivity contribution in [2.45, 2.75) is 40.2 Å². The van der Waals surface area contributed by atoms with E-state index in [1.54, 1.807) is 0 Å². The molecule has 1 aromatic heterocycles. The van der Waals surface area contributed by atoms with E-state index >= 15 is 0 Å². The summed E-state index contributed by atoms with van der Waals surface area (Å²) < 4.78 is 2.17. The normalized spacial score (nSPS) is 10.7. The molecule has 2 rings (SSSR count). The zero-order valence-corrected chi connectivity index (χ0v) is 10.6. The highest BCUT2D eigenvalue weighted by Gasteiger charge is 2.10. The van der Waals surface area contributed by atoms with E-state index in [-0.39, 0.29) is 0 Å². The van der Waals surface area contributed by atoms with Crippen LogP contribution >= 0.6 is 0 Å². The zero-order valence-electron chi connectivity index (χ0n) is 10.6. The van der Waals surface area contributed by atoms with E-state index in [2.05, 4.69) is 48.5 Å². The number of fused-ring (bicyclic) bond motifs is 1. The molecule has 0 aliphatic heterocycles. The van der Waals surface area contributed by atoms with Crippen molar-refractivity contribution in [3.63, 3.8) is 0 Å². The van der Waals surface area contributed by atoms with Gasteiger partial charge in [-0.3, -0.25) is 0 Å². The molecule has 3 heteroatoms. The van der Waals surface area contributed by atoms with Gasteiger partial charge >= 0.3 is 0 Å². The van der Waals surface area contributed by atoms with Crippen LogP contribution in [0.1, 0.15) is 30.3 Å². The van der Waals surface area contributed by atoms with Gasteiger partial charge in [-0.05, 0) is 43.5 Å². The average Bonchev–Trinajstić information content (AvgIpc) is 2.59. The van der Waals surface area contributed by atoms with Crippen molar-refractivity contribution in [2.24, 2.45) is 0 Å². The highest BCUT2D eigenvalue weighted by atomic mass is 15.1. The number of hydrogen-bond acceptors (Lipinski definition) is 2. The van der Waals surface area contributed by atoms with Crippen LogP contribution in [0.15, 0.2) is 12.1 Å². The SMILES string of the molecule is CCCn1c(CC#N)nc2cc(C)c(C)cc21. The number of nitriles is 1. The van der Waals surface area contributed by atoms with E-state index < -0.39 is 0 Å². The molecular weight excluding hydrogens is 210 g/mol. The number of nitrogens with zero attached hydrogens (tertiary/aromatic N) is 3. The summed E-state index contributed by atoms with van der Waals surface area (Å²) in [7, 11) is 0. The van der Waals surface area contributed by atoms with Crippen molar-refractivity contribution in [3.05, 3.63) is 29.1 Å². The van der Waals surface area contributed by atoms with Crippen LogP contribution in [0.25, 0.3) is 11.0 Å². The van der Waals surface area contributed by atoms with Crippen molar-refractivity contribution in [1.29, 1.82) is 5.26 Å². The number of imidazole rings is 1. The average molecular weight is 227 g/mol. The third-order valence-corrected chi connectivity index (χ3v) is 3.13. The monoisotopic (exact) mass is 227 g/mol. The second-order valence-electron chi connectivity index (χ2n) is 4.44. The molecule has 0 saturated heterocycles. The maximum absolute atomic E-state index is 8.84. The smallest absolute Gasteiger partial charge is 0.124 e. The largest absolute Gasteiger partial charge is 0.327 e. The molecule has 88 valence electrons. The van der Waals surface area contributed by atoms with Crippen LogP contribution in [-0.4, -0.2) is 9.55 Å². The minimum atomic E-state index is 0.382. The van der Waals surface area contributed by atoms with Crippen LogP contribution in [0.3, 0.4) is 0 Å². The first-order valence-electron chi connectivity index (χ1n) is 6.00. The number of rotatable bonds is 3. The van der Waals surface area contributed by atoms with Crippen LogP contribution in [0, 0.1) is 25.2 Å². The first kappa shape index (κ1) is 11.7. The molecule has 0 bridgehead atoms. The Hall–Kier alpha value is -1.82. The quantitative estimate of drug-likeness (QED) is 0.808. The zero-order chi connectivity index (χ0) is 12.4. The Balaban J connectivity index is 2.67. The molecule has 0 unspecified atom stereocenters. The maximum Gasteiger partial charge on any atom is 0.124 e. The molecule has 0 radical (unpaired) electrons. The second kappa shape index (κ2) is 4.58. The van der Waals surface area contributed by atoms with E-state index in [9.17, 15) is 0 Å². The summed E-state index contributed by atoms with van der Waals surface area (Å²) in [5.74, 6) is 0.884. The Morgan fingerprint density at radius 1 is 1.29 bits per heavy atom. The Kier molecular flexibility index (Phi) is 3.14. The lowest BCUT2D eigenvalue weighted by Crippen LogP contribution is -2.02. The standard InChI is InChI=1S/C14H17N3/c1-4-7-17-13-9-11(3)10(2)8-12(13)16-14(17)5-6-15/h8-9H,4-5,7H2,1-3H3. The summed E-state index contributed by atoms with van der Waals surface area (Å²) in [6.07, 6.45) is 1.43. The lowest BCUT2D eigenvalue weighted by atomic mass is 10.1. The lowest BCUT2D eigenvalue weighted by molar-refractivity contribution is 0.667. The number of hydrogen-bond donors (Lipinski definition) is 0. The van der Waals surface area contributed by atoms with Gasteiger partial charge in [0.05, 0.1) is 23.5 Å². The molecule has 0 saturated carbocycles. The minimum Gasteiger partial charge on any atom is -0.327 e. The molecule has 0 spiro atoms. The summed E-state index contributed by atoms with van der Waals surface area (Å²) >= 11 is 0. The molecule has 2 aromatic rings. The predicted octanol–water partition coefficient (Wildman–Crippen LogP) is 3.13. The van der Waals surface area contributed by atoms with Gasteiger partial charge in [0.25, 0.3) is 0 Å². The van der Waals surface area contributed by atoms with E-state index in [1.165, 1.54) is 11.1 Å². The summed E-state index contributed by atoms with van der Waals surface area (Å²) in [5.41, 5.74) is 4.69. The van der Waals surface area contributed by atoms with E-state index in [0.717, 1.165) is 29.8 Å². The molecule has 0 fully saturated rings. The van der Waals surface area contributed by atoms with Gasteiger partial charge in [-0.2, -0.15) is 5.26 Å². The first-order chi connectivity index (χ1) is 8.17. The molecule has 1 heterocycles. The topological polar surface area (TPSA) is 41.6 Å². The van der Waals surface area contributed by atoms with Gasteiger partial charge in [0.2, 0.25) is 0 Å². The first-order valence-corrected chi connectivity index (χ1v) is 6.00. The highest BCUT2D eigenvalue weighted by Crippen LogP contribution is 2.21. The van der Waals surface area contributed by atoms with Crippen LogP contribution < -0.4 is 0 Å².